The summed E-state index contributed by atoms with van der Waals surface area (Å²) < 4.78 is 37.3. The Labute approximate surface area is 122 Å². The van der Waals surface area contributed by atoms with E-state index < -0.39 is 23.7 Å². The summed E-state index contributed by atoms with van der Waals surface area (Å²) in [4.78, 5) is 14.5. The molecule has 112 valence electrons. The molecule has 0 spiro atoms. The Kier molecular flexibility index (Phi) is 4.17. The Morgan fingerprint density at radius 1 is 1.33 bits per heavy atom. The lowest BCUT2D eigenvalue weighted by Crippen LogP contribution is -2.18. The van der Waals surface area contributed by atoms with Crippen LogP contribution in [0.1, 0.15) is 24.1 Å². The minimum absolute atomic E-state index is 0.151. The van der Waals surface area contributed by atoms with Crippen LogP contribution in [0.3, 0.4) is 0 Å². The molecule has 0 saturated heterocycles. The van der Waals surface area contributed by atoms with Gasteiger partial charge in [0.25, 0.3) is 0 Å². The summed E-state index contributed by atoms with van der Waals surface area (Å²) in [6.45, 7) is 1.68. The number of thiazole rings is 1. The fourth-order valence-electron chi connectivity index (χ4n) is 1.60. The van der Waals surface area contributed by atoms with Crippen molar-refractivity contribution in [3.05, 3.63) is 40.9 Å². The summed E-state index contributed by atoms with van der Waals surface area (Å²) in [6, 6.07) is 6.69. The lowest BCUT2D eigenvalue weighted by atomic mass is 10.0. The number of amides is 1. The molecule has 0 aliphatic heterocycles. The van der Waals surface area contributed by atoms with Gasteiger partial charge in [-0.15, -0.1) is 11.3 Å². The van der Waals surface area contributed by atoms with Gasteiger partial charge in [0.2, 0.25) is 5.91 Å². The Bertz CT molecular complexity index is 637. The van der Waals surface area contributed by atoms with Crippen LogP contribution in [-0.4, -0.2) is 10.9 Å². The van der Waals surface area contributed by atoms with E-state index in [0.717, 1.165) is 22.3 Å². The third-order valence-corrected chi connectivity index (χ3v) is 3.64. The number of hydrogen-bond donors (Lipinski definition) is 2. The Balaban J connectivity index is 2.10. The molecular weight excluding hydrogens is 303 g/mol. The molecule has 4 nitrogen and oxygen atoms in total. The van der Waals surface area contributed by atoms with E-state index in [2.05, 4.69) is 10.3 Å². The highest BCUT2D eigenvalue weighted by Crippen LogP contribution is 2.32. The van der Waals surface area contributed by atoms with Gasteiger partial charge in [-0.05, 0) is 24.6 Å². The summed E-state index contributed by atoms with van der Waals surface area (Å²) >= 11 is 0.870. The Morgan fingerprint density at radius 2 is 1.95 bits per heavy atom. The molecule has 1 aromatic heterocycles. The second-order valence-electron chi connectivity index (χ2n) is 4.41. The number of halogens is 3. The molecule has 0 aliphatic rings. The molecule has 1 atom stereocenters. The van der Waals surface area contributed by atoms with Crippen LogP contribution in [-0.2, 0) is 11.0 Å². The second kappa shape index (κ2) is 5.72. The molecule has 21 heavy (non-hydrogen) atoms. The first-order valence-corrected chi connectivity index (χ1v) is 6.84. The van der Waals surface area contributed by atoms with E-state index in [0.29, 0.717) is 5.69 Å². The number of nitrogens with zero attached hydrogens (tertiary/aromatic N) is 1. The van der Waals surface area contributed by atoms with Crippen LogP contribution in [0.5, 0.6) is 0 Å². The van der Waals surface area contributed by atoms with Crippen LogP contribution in [0.25, 0.3) is 0 Å². The van der Waals surface area contributed by atoms with Crippen LogP contribution in [0.4, 0.5) is 24.0 Å². The highest BCUT2D eigenvalue weighted by molar-refractivity contribution is 7.13. The van der Waals surface area contributed by atoms with Gasteiger partial charge < -0.3 is 11.1 Å². The van der Waals surface area contributed by atoms with Crippen molar-refractivity contribution in [2.45, 2.75) is 19.0 Å². The van der Waals surface area contributed by atoms with Gasteiger partial charge in [-0.3, -0.25) is 4.79 Å². The maximum atomic E-state index is 12.4. The van der Waals surface area contributed by atoms with E-state index in [1.54, 1.807) is 31.2 Å². The maximum Gasteiger partial charge on any atom is 0.434 e. The first kappa shape index (κ1) is 15.3. The average molecular weight is 315 g/mol. The van der Waals surface area contributed by atoms with Crippen molar-refractivity contribution in [3.63, 3.8) is 0 Å². The molecule has 0 radical (unpaired) electrons. The highest BCUT2D eigenvalue weighted by Gasteiger charge is 2.33. The van der Waals surface area contributed by atoms with Crippen LogP contribution in [0.2, 0.25) is 0 Å². The highest BCUT2D eigenvalue weighted by atomic mass is 32.1. The molecule has 0 aliphatic carbocycles. The van der Waals surface area contributed by atoms with Crippen LogP contribution >= 0.6 is 11.3 Å². The zero-order valence-electron chi connectivity index (χ0n) is 10.9. The first-order valence-electron chi connectivity index (χ1n) is 5.96. The fraction of sp³-hybridized carbons (Fsp3) is 0.231. The number of hydrogen-bond acceptors (Lipinski definition) is 4. The Hall–Kier alpha value is -2.09. The number of nitrogens with two attached hydrogens (primary N) is 1. The van der Waals surface area contributed by atoms with Crippen molar-refractivity contribution in [3.8, 4) is 0 Å². The number of anilines is 2. The summed E-state index contributed by atoms with van der Waals surface area (Å²) in [7, 11) is 0. The van der Waals surface area contributed by atoms with Crippen LogP contribution in [0, 0.1) is 0 Å². The normalized spacial score (nSPS) is 13.0. The zero-order valence-corrected chi connectivity index (χ0v) is 11.8. The van der Waals surface area contributed by atoms with E-state index >= 15 is 0 Å². The molecule has 2 aromatic rings. The monoisotopic (exact) mass is 315 g/mol. The van der Waals surface area contributed by atoms with Gasteiger partial charge in [0.1, 0.15) is 0 Å². The van der Waals surface area contributed by atoms with Crippen molar-refractivity contribution in [2.75, 3.05) is 5.32 Å². The lowest BCUT2D eigenvalue weighted by Gasteiger charge is -2.09. The number of rotatable bonds is 4. The summed E-state index contributed by atoms with van der Waals surface area (Å²) in [5.74, 6) is -0.860. The van der Waals surface area contributed by atoms with Gasteiger partial charge in [0, 0.05) is 11.1 Å². The van der Waals surface area contributed by atoms with Gasteiger partial charge in [-0.25, -0.2) is 4.98 Å². The minimum atomic E-state index is -4.45. The van der Waals surface area contributed by atoms with E-state index in [-0.39, 0.29) is 5.13 Å². The SMILES string of the molecule is C[C@H](C(N)=O)c1ccc(Nc2nc(C(F)(F)F)cs2)cc1. The third-order valence-electron chi connectivity index (χ3n) is 2.88. The summed E-state index contributed by atoms with van der Waals surface area (Å²) in [6.07, 6.45) is -4.45. The minimum Gasteiger partial charge on any atom is -0.369 e. The van der Waals surface area contributed by atoms with Crippen LogP contribution < -0.4 is 11.1 Å². The molecule has 3 N–H and O–H groups in total. The van der Waals surface area contributed by atoms with Gasteiger partial charge in [0.05, 0.1) is 5.92 Å². The number of primary amides is 1. The molecule has 8 heteroatoms. The average Bonchev–Trinajstić information content (AvgIpc) is 2.87. The number of carbonyl (C=O) groups is 1. The topological polar surface area (TPSA) is 68.0 Å². The van der Waals surface area contributed by atoms with Crippen molar-refractivity contribution in [1.29, 1.82) is 0 Å². The predicted octanol–water partition coefficient (Wildman–Crippen LogP) is 3.49. The molecule has 0 fully saturated rings. The first-order chi connectivity index (χ1) is 9.77. The van der Waals surface area contributed by atoms with E-state index in [4.69, 9.17) is 5.73 Å². The molecule has 2 rings (SSSR count). The maximum absolute atomic E-state index is 12.4. The molecule has 0 unspecified atom stereocenters. The predicted molar refractivity (Wildman–Crippen MR) is 74.5 cm³/mol. The molecule has 1 amide bonds. The van der Waals surface area contributed by atoms with Gasteiger partial charge in [-0.2, -0.15) is 13.2 Å². The molecular formula is C13H12F3N3OS. The van der Waals surface area contributed by atoms with Gasteiger partial charge in [-0.1, -0.05) is 12.1 Å². The smallest absolute Gasteiger partial charge is 0.369 e. The molecule has 1 heterocycles. The van der Waals surface area contributed by atoms with Crippen LogP contribution in [0.15, 0.2) is 29.6 Å². The number of aromatic nitrogens is 1. The molecule has 0 bridgehead atoms. The van der Waals surface area contributed by atoms with Gasteiger partial charge >= 0.3 is 6.18 Å². The summed E-state index contributed by atoms with van der Waals surface area (Å²) in [5.41, 5.74) is 5.60. The van der Waals surface area contributed by atoms with E-state index in [1.165, 1.54) is 0 Å². The van der Waals surface area contributed by atoms with Gasteiger partial charge in [0.15, 0.2) is 10.8 Å². The third kappa shape index (κ3) is 3.72. The van der Waals surface area contributed by atoms with Crippen molar-refractivity contribution in [2.24, 2.45) is 5.73 Å². The van der Waals surface area contributed by atoms with E-state index in [9.17, 15) is 18.0 Å². The second-order valence-corrected chi connectivity index (χ2v) is 5.26. The Morgan fingerprint density at radius 3 is 2.43 bits per heavy atom. The van der Waals surface area contributed by atoms with Crippen molar-refractivity contribution in [1.82, 2.24) is 4.98 Å². The lowest BCUT2D eigenvalue weighted by molar-refractivity contribution is -0.140. The zero-order chi connectivity index (χ0) is 15.6. The quantitative estimate of drug-likeness (QED) is 0.907. The number of nitrogens with one attached hydrogen (secondary N) is 1. The number of benzene rings is 1. The standard InChI is InChI=1S/C13H12F3N3OS/c1-7(11(17)20)8-2-4-9(5-3-8)18-12-19-10(6-21-12)13(14,15)16/h2-7H,1H3,(H2,17,20)(H,18,19)/t7-/m0/s1. The molecule has 1 aromatic carbocycles. The summed E-state index contributed by atoms with van der Waals surface area (Å²) in [5, 5.41) is 3.88. The molecule has 0 saturated carbocycles. The number of alkyl halides is 3. The fourth-order valence-corrected chi connectivity index (χ4v) is 2.34. The van der Waals surface area contributed by atoms with Crippen molar-refractivity contribution < 1.29 is 18.0 Å². The largest absolute Gasteiger partial charge is 0.434 e. The van der Waals surface area contributed by atoms with E-state index in [1.807, 2.05) is 0 Å². The number of carbonyl (C=O) groups excluding carboxylic acids is 1. The van der Waals surface area contributed by atoms with Crippen molar-refractivity contribution >= 4 is 28.1 Å².